The molecule has 0 aromatic heterocycles. The number of hydrogen-bond acceptors (Lipinski definition) is 7. The largest absolute Gasteiger partial charge is 0.510 e. The molecule has 0 aliphatic carbocycles. The molecule has 1 fully saturated rings. The number of nitrogens with zero attached hydrogens (tertiary/aromatic N) is 1. The summed E-state index contributed by atoms with van der Waals surface area (Å²) in [7, 11) is 0. The van der Waals surface area contributed by atoms with Crippen LogP contribution in [0, 0.1) is 0 Å². The molecule has 2 aromatic rings. The number of imide groups is 1. The van der Waals surface area contributed by atoms with Crippen LogP contribution in [-0.2, 0) is 24.6 Å². The number of rotatable bonds is 3. The Bertz CT molecular complexity index is 1010. The highest BCUT2D eigenvalue weighted by Gasteiger charge is 2.62. The Balaban J connectivity index is 2.16. The van der Waals surface area contributed by atoms with E-state index in [0.29, 0.717) is 11.1 Å². The number of benzene rings is 2. The summed E-state index contributed by atoms with van der Waals surface area (Å²) in [6.45, 7) is 10.2. The van der Waals surface area contributed by atoms with Gasteiger partial charge in [-0.15, -0.1) is 0 Å². The Hall–Kier alpha value is -3.39. The Morgan fingerprint density at radius 1 is 0.848 bits per heavy atom. The Kier molecular flexibility index (Phi) is 6.51. The maximum Gasteiger partial charge on any atom is 0.510 e. The van der Waals surface area contributed by atoms with Crippen molar-refractivity contribution in [3.63, 3.8) is 0 Å². The molecule has 1 N–H and O–H groups in total. The summed E-state index contributed by atoms with van der Waals surface area (Å²) in [6.07, 6.45) is -1.94. The van der Waals surface area contributed by atoms with Crippen molar-refractivity contribution >= 4 is 18.2 Å². The first kappa shape index (κ1) is 24.3. The lowest BCUT2D eigenvalue weighted by Crippen LogP contribution is -2.47. The van der Waals surface area contributed by atoms with Gasteiger partial charge in [-0.2, -0.15) is 5.01 Å². The van der Waals surface area contributed by atoms with Gasteiger partial charge in [0.2, 0.25) is 5.60 Å². The van der Waals surface area contributed by atoms with Gasteiger partial charge in [0.25, 0.3) is 5.91 Å². The molecule has 1 heterocycles. The zero-order valence-corrected chi connectivity index (χ0v) is 19.7. The molecule has 0 bridgehead atoms. The zero-order chi connectivity index (χ0) is 24.4. The van der Waals surface area contributed by atoms with E-state index in [1.54, 1.807) is 96.1 Å². The predicted octanol–water partition coefficient (Wildman–Crippen LogP) is 4.86. The number of nitrogens with one attached hydrogen (secondary N) is 1. The zero-order valence-electron chi connectivity index (χ0n) is 19.7. The highest BCUT2D eigenvalue weighted by atomic mass is 16.7. The van der Waals surface area contributed by atoms with Crippen LogP contribution in [0.4, 0.5) is 9.59 Å². The second kappa shape index (κ2) is 8.86. The molecule has 33 heavy (non-hydrogen) atoms. The number of ether oxygens (including phenoxy) is 3. The normalized spacial score (nSPS) is 21.0. The first-order valence-electron chi connectivity index (χ1n) is 10.7. The minimum absolute atomic E-state index is 0.383. The fourth-order valence-electron chi connectivity index (χ4n) is 3.51. The number of carbonyl (C=O) groups is 3. The van der Waals surface area contributed by atoms with Crippen molar-refractivity contribution in [3.8, 4) is 0 Å². The van der Waals surface area contributed by atoms with Gasteiger partial charge in [0.15, 0.2) is 0 Å². The molecule has 1 saturated heterocycles. The third kappa shape index (κ3) is 5.34. The van der Waals surface area contributed by atoms with Gasteiger partial charge in [0, 0.05) is 5.56 Å². The summed E-state index contributed by atoms with van der Waals surface area (Å²) in [5, 5.41) is 0.764. The van der Waals surface area contributed by atoms with Gasteiger partial charge in [-0.25, -0.2) is 15.0 Å². The second-order valence-corrected chi connectivity index (χ2v) is 9.76. The summed E-state index contributed by atoms with van der Waals surface area (Å²) in [4.78, 5) is 39.7. The number of hydrogen-bond donors (Lipinski definition) is 1. The summed E-state index contributed by atoms with van der Waals surface area (Å²) >= 11 is 0. The standard InChI is InChI=1S/C25H30N2O6/c1-23(2,3)31-21(29)27-20(28)25(18-15-11-8-12-16-18,33-22(30)32-24(4,5)6)19(26-27)17-13-9-7-10-14-17/h7-16,19,26H,1-6H3/t19-,25-/m0/s1. The van der Waals surface area contributed by atoms with Crippen molar-refractivity contribution in [1.82, 2.24) is 10.4 Å². The van der Waals surface area contributed by atoms with E-state index in [-0.39, 0.29) is 0 Å². The van der Waals surface area contributed by atoms with Crippen LogP contribution in [0.5, 0.6) is 0 Å². The van der Waals surface area contributed by atoms with Crippen molar-refractivity contribution < 1.29 is 28.6 Å². The second-order valence-electron chi connectivity index (χ2n) is 9.76. The van der Waals surface area contributed by atoms with E-state index in [9.17, 15) is 14.4 Å². The van der Waals surface area contributed by atoms with E-state index < -0.39 is 41.0 Å². The monoisotopic (exact) mass is 454 g/mol. The molecule has 1 aliphatic heterocycles. The lowest BCUT2D eigenvalue weighted by molar-refractivity contribution is -0.149. The first-order valence-corrected chi connectivity index (χ1v) is 10.7. The van der Waals surface area contributed by atoms with E-state index in [0.717, 1.165) is 5.01 Å². The molecule has 0 saturated carbocycles. The first-order chi connectivity index (χ1) is 15.3. The van der Waals surface area contributed by atoms with Crippen molar-refractivity contribution in [2.24, 2.45) is 0 Å². The quantitative estimate of drug-likeness (QED) is 0.662. The topological polar surface area (TPSA) is 94.2 Å². The van der Waals surface area contributed by atoms with Crippen LogP contribution in [-0.4, -0.2) is 34.4 Å². The molecule has 3 rings (SSSR count). The molecule has 0 spiro atoms. The highest BCUT2D eigenvalue weighted by Crippen LogP contribution is 2.45. The van der Waals surface area contributed by atoms with Gasteiger partial charge >= 0.3 is 12.2 Å². The SMILES string of the molecule is CC(C)(C)OC(=O)O[C@]1(c2ccccc2)C(=O)N(C(=O)OC(C)(C)C)N[C@H]1c1ccccc1. The number of carbonyl (C=O) groups excluding carboxylic acids is 3. The van der Waals surface area contributed by atoms with Crippen LogP contribution < -0.4 is 5.43 Å². The lowest BCUT2D eigenvalue weighted by atomic mass is 9.83. The Labute approximate surface area is 193 Å². The van der Waals surface area contributed by atoms with Crippen LogP contribution in [0.1, 0.15) is 58.7 Å². The maximum atomic E-state index is 13.9. The van der Waals surface area contributed by atoms with Crippen LogP contribution in [0.25, 0.3) is 0 Å². The molecule has 8 nitrogen and oxygen atoms in total. The Morgan fingerprint density at radius 2 is 1.36 bits per heavy atom. The van der Waals surface area contributed by atoms with Gasteiger partial charge in [0.1, 0.15) is 17.2 Å². The molecule has 2 atom stereocenters. The van der Waals surface area contributed by atoms with E-state index in [1.807, 2.05) is 6.07 Å². The van der Waals surface area contributed by atoms with Gasteiger partial charge in [-0.05, 0) is 47.1 Å². The molecule has 0 unspecified atom stereocenters. The van der Waals surface area contributed by atoms with Crippen LogP contribution >= 0.6 is 0 Å². The van der Waals surface area contributed by atoms with Crippen LogP contribution in [0.2, 0.25) is 0 Å². The summed E-state index contributed by atoms with van der Waals surface area (Å²) in [6, 6.07) is 16.6. The molecule has 2 aromatic carbocycles. The smallest absolute Gasteiger partial charge is 0.442 e. The highest BCUT2D eigenvalue weighted by molar-refractivity contribution is 6.00. The predicted molar refractivity (Wildman–Crippen MR) is 121 cm³/mol. The summed E-state index contributed by atoms with van der Waals surface area (Å²) in [5.74, 6) is -0.789. The summed E-state index contributed by atoms with van der Waals surface area (Å²) < 4.78 is 16.6. The van der Waals surface area contributed by atoms with Gasteiger partial charge < -0.3 is 14.2 Å². The molecule has 176 valence electrons. The number of hydrazine groups is 1. The van der Waals surface area contributed by atoms with Crippen molar-refractivity contribution in [2.75, 3.05) is 0 Å². The minimum atomic E-state index is -1.91. The van der Waals surface area contributed by atoms with Crippen molar-refractivity contribution in [2.45, 2.75) is 64.4 Å². The molecule has 0 radical (unpaired) electrons. The molecule has 1 aliphatic rings. The molecular formula is C25H30N2O6. The van der Waals surface area contributed by atoms with Gasteiger partial charge in [0.05, 0.1) is 0 Å². The van der Waals surface area contributed by atoms with E-state index in [4.69, 9.17) is 14.2 Å². The molecular weight excluding hydrogens is 424 g/mol. The third-order valence-electron chi connectivity index (χ3n) is 4.73. The average Bonchev–Trinajstić information content (AvgIpc) is 3.00. The van der Waals surface area contributed by atoms with Crippen molar-refractivity contribution in [1.29, 1.82) is 0 Å². The maximum absolute atomic E-state index is 13.9. The van der Waals surface area contributed by atoms with E-state index >= 15 is 0 Å². The number of amides is 2. The fourth-order valence-corrected chi connectivity index (χ4v) is 3.51. The minimum Gasteiger partial charge on any atom is -0.442 e. The van der Waals surface area contributed by atoms with Crippen molar-refractivity contribution in [3.05, 3.63) is 71.8 Å². The third-order valence-corrected chi connectivity index (χ3v) is 4.73. The average molecular weight is 455 g/mol. The fraction of sp³-hybridized carbons (Fsp3) is 0.400. The van der Waals surface area contributed by atoms with Crippen LogP contribution in [0.3, 0.4) is 0 Å². The van der Waals surface area contributed by atoms with E-state index in [2.05, 4.69) is 5.43 Å². The van der Waals surface area contributed by atoms with E-state index in [1.165, 1.54) is 0 Å². The lowest BCUT2D eigenvalue weighted by Gasteiger charge is -2.33. The van der Waals surface area contributed by atoms with Gasteiger partial charge in [-0.3, -0.25) is 4.79 Å². The summed E-state index contributed by atoms with van der Waals surface area (Å²) in [5.41, 5.74) is 0.318. The molecule has 2 amide bonds. The van der Waals surface area contributed by atoms with Crippen LogP contribution in [0.15, 0.2) is 60.7 Å². The molecule has 8 heteroatoms. The van der Waals surface area contributed by atoms with Gasteiger partial charge in [-0.1, -0.05) is 60.7 Å². The Morgan fingerprint density at radius 3 is 1.88 bits per heavy atom.